The number of hydrogen-bond acceptors (Lipinski definition) is 3. The molecule has 1 rings (SSSR count). The lowest BCUT2D eigenvalue weighted by atomic mass is 10.1. The van der Waals surface area contributed by atoms with Crippen molar-refractivity contribution in [2.75, 3.05) is 39.3 Å². The molecular formula is C14H31N3. The predicted molar refractivity (Wildman–Crippen MR) is 75.5 cm³/mol. The van der Waals surface area contributed by atoms with Gasteiger partial charge in [0.05, 0.1) is 0 Å². The van der Waals surface area contributed by atoms with Crippen LogP contribution in [0.2, 0.25) is 0 Å². The highest BCUT2D eigenvalue weighted by Crippen LogP contribution is 2.09. The van der Waals surface area contributed by atoms with Crippen molar-refractivity contribution in [3.05, 3.63) is 0 Å². The normalized spacial score (nSPS) is 22.6. The lowest BCUT2D eigenvalue weighted by molar-refractivity contribution is 0.0982. The van der Waals surface area contributed by atoms with E-state index in [1.165, 1.54) is 45.6 Å². The van der Waals surface area contributed by atoms with Gasteiger partial charge in [-0.25, -0.2) is 0 Å². The van der Waals surface area contributed by atoms with Gasteiger partial charge < -0.3 is 10.2 Å². The maximum Gasteiger partial charge on any atom is 0.0113 e. The maximum absolute atomic E-state index is 3.48. The maximum atomic E-state index is 3.48. The van der Waals surface area contributed by atoms with E-state index < -0.39 is 0 Å². The van der Waals surface area contributed by atoms with E-state index in [0.29, 0.717) is 6.04 Å². The van der Waals surface area contributed by atoms with Crippen LogP contribution in [0.5, 0.6) is 0 Å². The highest BCUT2D eigenvalue weighted by molar-refractivity contribution is 4.76. The number of rotatable bonds is 7. The molecule has 3 nitrogen and oxygen atoms in total. The zero-order valence-corrected chi connectivity index (χ0v) is 12.2. The monoisotopic (exact) mass is 241 g/mol. The summed E-state index contributed by atoms with van der Waals surface area (Å²) in [4.78, 5) is 5.25. The summed E-state index contributed by atoms with van der Waals surface area (Å²) in [5, 5.41) is 3.48. The summed E-state index contributed by atoms with van der Waals surface area (Å²) in [7, 11) is 0. The smallest absolute Gasteiger partial charge is 0.0113 e. The third kappa shape index (κ3) is 5.36. The van der Waals surface area contributed by atoms with E-state index in [2.05, 4.69) is 42.8 Å². The van der Waals surface area contributed by atoms with Crippen LogP contribution in [0.4, 0.5) is 0 Å². The van der Waals surface area contributed by atoms with Crippen molar-refractivity contribution in [1.29, 1.82) is 0 Å². The fraction of sp³-hybridized carbons (Fsp3) is 1.00. The van der Waals surface area contributed by atoms with Crippen LogP contribution in [-0.2, 0) is 0 Å². The third-order valence-corrected chi connectivity index (χ3v) is 4.05. The van der Waals surface area contributed by atoms with Crippen molar-refractivity contribution in [3.8, 4) is 0 Å². The van der Waals surface area contributed by atoms with E-state index in [0.717, 1.165) is 12.6 Å². The van der Waals surface area contributed by atoms with E-state index in [1.54, 1.807) is 0 Å². The third-order valence-electron chi connectivity index (χ3n) is 4.05. The first kappa shape index (κ1) is 14.9. The Balaban J connectivity index is 2.14. The van der Waals surface area contributed by atoms with E-state index >= 15 is 0 Å². The number of piperazine rings is 1. The molecule has 1 fully saturated rings. The van der Waals surface area contributed by atoms with Crippen LogP contribution in [0.1, 0.15) is 40.5 Å². The van der Waals surface area contributed by atoms with E-state index in [-0.39, 0.29) is 0 Å². The molecule has 0 aliphatic carbocycles. The van der Waals surface area contributed by atoms with Gasteiger partial charge in [-0.2, -0.15) is 0 Å². The highest BCUT2D eigenvalue weighted by atomic mass is 15.3. The van der Waals surface area contributed by atoms with Crippen LogP contribution < -0.4 is 5.32 Å². The van der Waals surface area contributed by atoms with Gasteiger partial charge in [-0.3, -0.25) is 4.90 Å². The molecule has 1 aliphatic rings. The molecule has 3 heteroatoms. The Bertz CT molecular complexity index is 188. The first-order valence-corrected chi connectivity index (χ1v) is 7.37. The lowest BCUT2D eigenvalue weighted by Crippen LogP contribution is -2.50. The van der Waals surface area contributed by atoms with Gasteiger partial charge in [0.25, 0.3) is 0 Å². The molecule has 17 heavy (non-hydrogen) atoms. The quantitative estimate of drug-likeness (QED) is 0.733. The average Bonchev–Trinajstić information content (AvgIpc) is 2.36. The molecule has 0 aromatic carbocycles. The molecule has 1 saturated heterocycles. The molecule has 0 saturated carbocycles. The fourth-order valence-electron chi connectivity index (χ4n) is 2.51. The standard InChI is InChI=1S/C14H31N3/c1-5-14(4)17-11-9-16(10-12-17)8-7-13(3)15-6-2/h13-15H,5-12H2,1-4H3. The van der Waals surface area contributed by atoms with E-state index in [1.807, 2.05) is 0 Å². The van der Waals surface area contributed by atoms with Crippen LogP contribution in [0.25, 0.3) is 0 Å². The minimum atomic E-state index is 0.660. The Hall–Kier alpha value is -0.120. The molecular weight excluding hydrogens is 210 g/mol. The fourth-order valence-corrected chi connectivity index (χ4v) is 2.51. The van der Waals surface area contributed by atoms with Crippen LogP contribution >= 0.6 is 0 Å². The topological polar surface area (TPSA) is 18.5 Å². The zero-order valence-electron chi connectivity index (χ0n) is 12.2. The van der Waals surface area contributed by atoms with Gasteiger partial charge in [0, 0.05) is 38.3 Å². The summed E-state index contributed by atoms with van der Waals surface area (Å²) in [5.41, 5.74) is 0. The molecule has 0 radical (unpaired) electrons. The average molecular weight is 241 g/mol. The molecule has 2 unspecified atom stereocenters. The van der Waals surface area contributed by atoms with Crippen molar-refractivity contribution in [3.63, 3.8) is 0 Å². The summed E-state index contributed by atoms with van der Waals surface area (Å²) >= 11 is 0. The molecule has 0 spiro atoms. The molecule has 0 aromatic heterocycles. The molecule has 0 bridgehead atoms. The second kappa shape index (κ2) is 8.06. The number of hydrogen-bond donors (Lipinski definition) is 1. The van der Waals surface area contributed by atoms with Crippen molar-refractivity contribution in [1.82, 2.24) is 15.1 Å². The first-order chi connectivity index (χ1) is 8.17. The zero-order chi connectivity index (χ0) is 12.7. The number of nitrogens with one attached hydrogen (secondary N) is 1. The van der Waals surface area contributed by atoms with Gasteiger partial charge >= 0.3 is 0 Å². The second-order valence-corrected chi connectivity index (χ2v) is 5.38. The number of nitrogens with zero attached hydrogens (tertiary/aromatic N) is 2. The summed E-state index contributed by atoms with van der Waals surface area (Å²) in [6.45, 7) is 16.5. The van der Waals surface area contributed by atoms with Crippen LogP contribution in [0.3, 0.4) is 0 Å². The summed E-state index contributed by atoms with van der Waals surface area (Å²) in [6, 6.07) is 1.42. The second-order valence-electron chi connectivity index (χ2n) is 5.38. The van der Waals surface area contributed by atoms with Crippen LogP contribution in [0.15, 0.2) is 0 Å². The Morgan fingerprint density at radius 1 is 1.06 bits per heavy atom. The van der Waals surface area contributed by atoms with Gasteiger partial charge in [-0.05, 0) is 39.8 Å². The van der Waals surface area contributed by atoms with Gasteiger partial charge in [0.1, 0.15) is 0 Å². The molecule has 0 aromatic rings. The largest absolute Gasteiger partial charge is 0.314 e. The SMILES string of the molecule is CCNC(C)CCN1CCN(C(C)CC)CC1. The van der Waals surface area contributed by atoms with Crippen molar-refractivity contribution in [2.24, 2.45) is 0 Å². The Morgan fingerprint density at radius 3 is 2.24 bits per heavy atom. The Kier molecular flexibility index (Phi) is 7.09. The van der Waals surface area contributed by atoms with E-state index in [4.69, 9.17) is 0 Å². The molecule has 1 aliphatic heterocycles. The van der Waals surface area contributed by atoms with Gasteiger partial charge in [-0.15, -0.1) is 0 Å². The highest BCUT2D eigenvalue weighted by Gasteiger charge is 2.19. The minimum Gasteiger partial charge on any atom is -0.314 e. The van der Waals surface area contributed by atoms with E-state index in [9.17, 15) is 0 Å². The Labute approximate surface area is 108 Å². The molecule has 0 amide bonds. The molecule has 1 heterocycles. The van der Waals surface area contributed by atoms with Crippen molar-refractivity contribution in [2.45, 2.75) is 52.6 Å². The minimum absolute atomic E-state index is 0.660. The lowest BCUT2D eigenvalue weighted by Gasteiger charge is -2.38. The predicted octanol–water partition coefficient (Wildman–Crippen LogP) is 1.79. The first-order valence-electron chi connectivity index (χ1n) is 7.37. The van der Waals surface area contributed by atoms with Gasteiger partial charge in [0.15, 0.2) is 0 Å². The van der Waals surface area contributed by atoms with Crippen molar-refractivity contribution < 1.29 is 0 Å². The van der Waals surface area contributed by atoms with Gasteiger partial charge in [0.2, 0.25) is 0 Å². The van der Waals surface area contributed by atoms with Crippen LogP contribution in [0, 0.1) is 0 Å². The molecule has 2 atom stereocenters. The summed E-state index contributed by atoms with van der Waals surface area (Å²) in [6.07, 6.45) is 2.55. The van der Waals surface area contributed by atoms with Crippen molar-refractivity contribution >= 4 is 0 Å². The van der Waals surface area contributed by atoms with Crippen LogP contribution in [-0.4, -0.2) is 61.2 Å². The van der Waals surface area contributed by atoms with Gasteiger partial charge in [-0.1, -0.05) is 13.8 Å². The Morgan fingerprint density at radius 2 is 1.71 bits per heavy atom. The molecule has 102 valence electrons. The summed E-state index contributed by atoms with van der Waals surface area (Å²) in [5.74, 6) is 0. The molecule has 1 N–H and O–H groups in total. The summed E-state index contributed by atoms with van der Waals surface area (Å²) < 4.78 is 0.